The molecule has 0 bridgehead atoms. The molecule has 0 aliphatic carbocycles. The molecule has 3 aromatic heterocycles. The molecule has 5 aromatic rings. The average molecular weight is 410 g/mol. The van der Waals surface area contributed by atoms with Crippen molar-refractivity contribution < 1.29 is 9.15 Å². The SMILES string of the molecule is COc1ccc2nc(-c3cccnc3)nc(Nc3ccc4c(C)cc(=O)oc4c3)c2c1. The molecule has 1 N–H and O–H groups in total. The van der Waals surface area contributed by atoms with Crippen molar-refractivity contribution in [3.63, 3.8) is 0 Å². The predicted octanol–water partition coefficient (Wildman–Crippen LogP) is 4.86. The van der Waals surface area contributed by atoms with E-state index in [9.17, 15) is 4.79 Å². The van der Waals surface area contributed by atoms with Crippen LogP contribution in [0, 0.1) is 6.92 Å². The Morgan fingerprint density at radius 1 is 1.00 bits per heavy atom. The number of benzene rings is 2. The van der Waals surface area contributed by atoms with Gasteiger partial charge in [0.2, 0.25) is 0 Å². The van der Waals surface area contributed by atoms with E-state index in [1.807, 2.05) is 49.4 Å². The molecule has 3 heterocycles. The molecule has 0 fully saturated rings. The minimum absolute atomic E-state index is 0.377. The van der Waals surface area contributed by atoms with Crippen molar-refractivity contribution in [2.75, 3.05) is 12.4 Å². The fraction of sp³-hybridized carbons (Fsp3) is 0.0833. The lowest BCUT2D eigenvalue weighted by Crippen LogP contribution is -2.01. The Morgan fingerprint density at radius 2 is 1.90 bits per heavy atom. The zero-order chi connectivity index (χ0) is 21.4. The van der Waals surface area contributed by atoms with E-state index in [4.69, 9.17) is 14.1 Å². The van der Waals surface area contributed by atoms with Crippen LogP contribution in [0.3, 0.4) is 0 Å². The van der Waals surface area contributed by atoms with Crippen LogP contribution in [0.2, 0.25) is 0 Å². The maximum Gasteiger partial charge on any atom is 0.336 e. The fourth-order valence-corrected chi connectivity index (χ4v) is 3.49. The van der Waals surface area contributed by atoms with Crippen molar-refractivity contribution >= 4 is 33.4 Å². The van der Waals surface area contributed by atoms with Gasteiger partial charge in [0.1, 0.15) is 17.2 Å². The predicted molar refractivity (Wildman–Crippen MR) is 120 cm³/mol. The second kappa shape index (κ2) is 7.53. The topological polar surface area (TPSA) is 90.1 Å². The van der Waals surface area contributed by atoms with Gasteiger partial charge in [-0.15, -0.1) is 0 Å². The highest BCUT2D eigenvalue weighted by Gasteiger charge is 2.12. The van der Waals surface area contributed by atoms with Gasteiger partial charge in [0.05, 0.1) is 12.6 Å². The Labute approximate surface area is 177 Å². The number of pyridine rings is 1. The van der Waals surface area contributed by atoms with E-state index in [0.717, 1.165) is 33.1 Å². The number of fused-ring (bicyclic) bond motifs is 2. The van der Waals surface area contributed by atoms with Crippen LogP contribution in [0.1, 0.15) is 5.56 Å². The molecule has 0 spiro atoms. The Kier molecular flexibility index (Phi) is 4.55. The molecule has 31 heavy (non-hydrogen) atoms. The van der Waals surface area contributed by atoms with Gasteiger partial charge >= 0.3 is 5.63 Å². The third kappa shape index (κ3) is 3.57. The molecule has 0 saturated carbocycles. The van der Waals surface area contributed by atoms with Crippen molar-refractivity contribution in [1.29, 1.82) is 0 Å². The molecular formula is C24H18N4O3. The van der Waals surface area contributed by atoms with Gasteiger partial charge in [-0.3, -0.25) is 4.98 Å². The highest BCUT2D eigenvalue weighted by Crippen LogP contribution is 2.31. The van der Waals surface area contributed by atoms with Gasteiger partial charge in [0.15, 0.2) is 5.82 Å². The second-order valence-electron chi connectivity index (χ2n) is 7.10. The van der Waals surface area contributed by atoms with E-state index in [0.29, 0.717) is 23.0 Å². The number of hydrogen-bond acceptors (Lipinski definition) is 7. The Morgan fingerprint density at radius 3 is 2.71 bits per heavy atom. The van der Waals surface area contributed by atoms with E-state index < -0.39 is 0 Å². The Bertz CT molecular complexity index is 1480. The Balaban J connectivity index is 1.67. The average Bonchev–Trinajstić information content (AvgIpc) is 2.79. The van der Waals surface area contributed by atoms with Crippen LogP contribution in [0.25, 0.3) is 33.3 Å². The summed E-state index contributed by atoms with van der Waals surface area (Å²) in [5.41, 5.74) is 3.32. The van der Waals surface area contributed by atoms with Crippen molar-refractivity contribution in [3.05, 3.63) is 83.0 Å². The molecule has 0 aliphatic rings. The zero-order valence-corrected chi connectivity index (χ0v) is 16.9. The summed E-state index contributed by atoms with van der Waals surface area (Å²) in [5, 5.41) is 5.04. The largest absolute Gasteiger partial charge is 0.497 e. The lowest BCUT2D eigenvalue weighted by atomic mass is 10.1. The highest BCUT2D eigenvalue weighted by molar-refractivity contribution is 5.94. The fourth-order valence-electron chi connectivity index (χ4n) is 3.49. The van der Waals surface area contributed by atoms with E-state index >= 15 is 0 Å². The molecule has 152 valence electrons. The van der Waals surface area contributed by atoms with Gasteiger partial charge < -0.3 is 14.5 Å². The standard InChI is InChI=1S/C24H18N4O3/c1-14-10-22(29)31-21-11-16(5-7-18(14)21)26-24-19-12-17(30-2)6-8-20(19)27-23(28-24)15-4-3-9-25-13-15/h3-13H,1-2H3,(H,26,27,28). The monoisotopic (exact) mass is 410 g/mol. The molecule has 0 atom stereocenters. The maximum atomic E-state index is 11.8. The molecular weight excluding hydrogens is 392 g/mol. The van der Waals surface area contributed by atoms with Gasteiger partial charge in [0.25, 0.3) is 0 Å². The van der Waals surface area contributed by atoms with Gasteiger partial charge in [-0.05, 0) is 55.0 Å². The molecule has 7 heteroatoms. The number of nitrogens with one attached hydrogen (secondary N) is 1. The molecule has 0 saturated heterocycles. The van der Waals surface area contributed by atoms with Crippen LogP contribution >= 0.6 is 0 Å². The maximum absolute atomic E-state index is 11.8. The summed E-state index contributed by atoms with van der Waals surface area (Å²) in [6.45, 7) is 1.89. The minimum atomic E-state index is -0.377. The first kappa shape index (κ1) is 18.7. The third-order valence-corrected chi connectivity index (χ3v) is 5.04. The molecule has 7 nitrogen and oxygen atoms in total. The summed E-state index contributed by atoms with van der Waals surface area (Å²) < 4.78 is 10.8. The summed E-state index contributed by atoms with van der Waals surface area (Å²) in [4.78, 5) is 25.4. The summed E-state index contributed by atoms with van der Waals surface area (Å²) in [7, 11) is 1.62. The highest BCUT2D eigenvalue weighted by atomic mass is 16.5. The van der Waals surface area contributed by atoms with Crippen molar-refractivity contribution in [2.45, 2.75) is 6.92 Å². The van der Waals surface area contributed by atoms with E-state index in [1.165, 1.54) is 6.07 Å². The summed E-state index contributed by atoms with van der Waals surface area (Å²) in [6, 6.07) is 16.5. The number of aryl methyl sites for hydroxylation is 1. The van der Waals surface area contributed by atoms with Crippen molar-refractivity contribution in [1.82, 2.24) is 15.0 Å². The lowest BCUT2D eigenvalue weighted by molar-refractivity contribution is 0.415. The van der Waals surface area contributed by atoms with E-state index in [1.54, 1.807) is 25.6 Å². The Hall–Kier alpha value is -4.26. The van der Waals surface area contributed by atoms with Gasteiger partial charge in [0, 0.05) is 46.5 Å². The smallest absolute Gasteiger partial charge is 0.336 e. The lowest BCUT2D eigenvalue weighted by Gasteiger charge is -2.12. The molecule has 5 rings (SSSR count). The normalized spacial score (nSPS) is 11.0. The van der Waals surface area contributed by atoms with Crippen LogP contribution in [0.4, 0.5) is 11.5 Å². The number of rotatable bonds is 4. The summed E-state index contributed by atoms with van der Waals surface area (Å²) >= 11 is 0. The van der Waals surface area contributed by atoms with Gasteiger partial charge in [-0.2, -0.15) is 0 Å². The first-order chi connectivity index (χ1) is 15.1. The first-order valence-electron chi connectivity index (χ1n) is 9.68. The van der Waals surface area contributed by atoms with Crippen molar-refractivity contribution in [3.8, 4) is 17.1 Å². The quantitative estimate of drug-likeness (QED) is 0.423. The number of ether oxygens (including phenoxy) is 1. The zero-order valence-electron chi connectivity index (χ0n) is 16.9. The van der Waals surface area contributed by atoms with E-state index in [-0.39, 0.29) is 5.63 Å². The number of nitrogens with zero attached hydrogens (tertiary/aromatic N) is 3. The first-order valence-corrected chi connectivity index (χ1v) is 9.68. The van der Waals surface area contributed by atoms with Gasteiger partial charge in [-0.25, -0.2) is 14.8 Å². The third-order valence-electron chi connectivity index (χ3n) is 5.04. The van der Waals surface area contributed by atoms with Crippen LogP contribution in [-0.2, 0) is 0 Å². The molecule has 0 aliphatic heterocycles. The van der Waals surface area contributed by atoms with Gasteiger partial charge in [-0.1, -0.05) is 0 Å². The van der Waals surface area contributed by atoms with Crippen LogP contribution < -0.4 is 15.7 Å². The number of anilines is 2. The number of hydrogen-bond donors (Lipinski definition) is 1. The molecule has 0 amide bonds. The number of methoxy groups -OCH3 is 1. The number of aromatic nitrogens is 3. The van der Waals surface area contributed by atoms with Crippen molar-refractivity contribution in [2.24, 2.45) is 0 Å². The molecule has 2 aromatic carbocycles. The second-order valence-corrected chi connectivity index (χ2v) is 7.10. The van der Waals surface area contributed by atoms with Crippen LogP contribution in [-0.4, -0.2) is 22.1 Å². The van der Waals surface area contributed by atoms with Crippen LogP contribution in [0.15, 0.2) is 76.2 Å². The van der Waals surface area contributed by atoms with E-state index in [2.05, 4.69) is 15.3 Å². The summed E-state index contributed by atoms with van der Waals surface area (Å²) in [5.74, 6) is 1.86. The summed E-state index contributed by atoms with van der Waals surface area (Å²) in [6.07, 6.45) is 3.43. The molecule has 0 unspecified atom stereocenters. The van der Waals surface area contributed by atoms with Crippen LogP contribution in [0.5, 0.6) is 5.75 Å². The minimum Gasteiger partial charge on any atom is -0.497 e. The molecule has 0 radical (unpaired) electrons.